The molecule has 2 aromatic rings. The van der Waals surface area contributed by atoms with Crippen LogP contribution in [0.5, 0.6) is 0 Å². The van der Waals surface area contributed by atoms with Crippen molar-refractivity contribution in [2.75, 3.05) is 13.1 Å². The molecule has 1 saturated heterocycles. The third kappa shape index (κ3) is 2.50. The summed E-state index contributed by atoms with van der Waals surface area (Å²) in [5, 5.41) is 7.54. The third-order valence-corrected chi connectivity index (χ3v) is 4.11. The van der Waals surface area contributed by atoms with Crippen LogP contribution in [0, 0.1) is 26.7 Å². The maximum Gasteiger partial charge on any atom is 0.261 e. The SMILES string of the molecule is Cc1oc(C)c(-c2nc(CC3CCCNC3)no2)c1C. The van der Waals surface area contributed by atoms with Crippen molar-refractivity contribution in [3.8, 4) is 11.5 Å². The van der Waals surface area contributed by atoms with E-state index in [-0.39, 0.29) is 0 Å². The summed E-state index contributed by atoms with van der Waals surface area (Å²) in [6, 6.07) is 0. The van der Waals surface area contributed by atoms with Crippen LogP contribution in [0.4, 0.5) is 0 Å². The topological polar surface area (TPSA) is 64.1 Å². The smallest absolute Gasteiger partial charge is 0.261 e. The van der Waals surface area contributed by atoms with E-state index in [9.17, 15) is 0 Å². The lowest BCUT2D eigenvalue weighted by Gasteiger charge is -2.20. The van der Waals surface area contributed by atoms with Crippen LogP contribution in [0.1, 0.15) is 35.7 Å². The van der Waals surface area contributed by atoms with Crippen LogP contribution in [0.15, 0.2) is 8.94 Å². The normalized spacial score (nSPS) is 19.4. The lowest BCUT2D eigenvalue weighted by molar-refractivity contribution is 0.359. The van der Waals surface area contributed by atoms with E-state index in [0.29, 0.717) is 11.8 Å². The second-order valence-electron chi connectivity index (χ2n) is 5.65. The van der Waals surface area contributed by atoms with Crippen LogP contribution in [-0.2, 0) is 6.42 Å². The summed E-state index contributed by atoms with van der Waals surface area (Å²) in [5.41, 5.74) is 2.03. The number of rotatable bonds is 3. The highest BCUT2D eigenvalue weighted by atomic mass is 16.5. The Bertz CT molecular complexity index is 594. The van der Waals surface area contributed by atoms with Gasteiger partial charge in [0.25, 0.3) is 5.89 Å². The van der Waals surface area contributed by atoms with Gasteiger partial charge in [-0.2, -0.15) is 4.98 Å². The van der Waals surface area contributed by atoms with Crippen LogP contribution in [0.3, 0.4) is 0 Å². The van der Waals surface area contributed by atoms with Gasteiger partial charge in [0.2, 0.25) is 0 Å². The molecule has 1 unspecified atom stereocenters. The summed E-state index contributed by atoms with van der Waals surface area (Å²) in [6.45, 7) is 8.09. The van der Waals surface area contributed by atoms with Crippen molar-refractivity contribution in [2.24, 2.45) is 5.92 Å². The number of hydrogen-bond acceptors (Lipinski definition) is 5. The van der Waals surface area contributed by atoms with Crippen molar-refractivity contribution >= 4 is 0 Å². The number of piperidine rings is 1. The van der Waals surface area contributed by atoms with Gasteiger partial charge in [0.05, 0.1) is 5.56 Å². The molecular formula is C15H21N3O2. The van der Waals surface area contributed by atoms with E-state index in [1.807, 2.05) is 20.8 Å². The highest BCUT2D eigenvalue weighted by molar-refractivity contribution is 5.61. The van der Waals surface area contributed by atoms with E-state index in [4.69, 9.17) is 8.94 Å². The Morgan fingerprint density at radius 1 is 1.25 bits per heavy atom. The molecular weight excluding hydrogens is 254 g/mol. The molecule has 0 aromatic carbocycles. The molecule has 3 rings (SSSR count). The Kier molecular flexibility index (Phi) is 3.61. The van der Waals surface area contributed by atoms with E-state index in [0.717, 1.165) is 48.0 Å². The number of nitrogens with zero attached hydrogens (tertiary/aromatic N) is 2. The highest BCUT2D eigenvalue weighted by Gasteiger charge is 2.21. The predicted octanol–water partition coefficient (Wildman–Crippen LogP) is 2.80. The summed E-state index contributed by atoms with van der Waals surface area (Å²) in [4.78, 5) is 4.54. The van der Waals surface area contributed by atoms with Crippen molar-refractivity contribution in [1.29, 1.82) is 0 Å². The molecule has 1 aliphatic heterocycles. The molecule has 0 amide bonds. The minimum atomic E-state index is 0.579. The van der Waals surface area contributed by atoms with Gasteiger partial charge in [-0.1, -0.05) is 5.16 Å². The number of nitrogens with one attached hydrogen (secondary N) is 1. The van der Waals surface area contributed by atoms with Gasteiger partial charge >= 0.3 is 0 Å². The molecule has 0 radical (unpaired) electrons. The minimum Gasteiger partial charge on any atom is -0.466 e. The number of aromatic nitrogens is 2. The quantitative estimate of drug-likeness (QED) is 0.933. The molecule has 3 heterocycles. The second-order valence-corrected chi connectivity index (χ2v) is 5.65. The van der Waals surface area contributed by atoms with E-state index in [1.165, 1.54) is 12.8 Å². The van der Waals surface area contributed by atoms with Crippen molar-refractivity contribution in [3.63, 3.8) is 0 Å². The van der Waals surface area contributed by atoms with Gasteiger partial charge in [0, 0.05) is 12.0 Å². The summed E-state index contributed by atoms with van der Waals surface area (Å²) in [5.74, 6) is 3.74. The summed E-state index contributed by atoms with van der Waals surface area (Å²) in [6.07, 6.45) is 3.35. The van der Waals surface area contributed by atoms with Gasteiger partial charge < -0.3 is 14.3 Å². The number of hydrogen-bond donors (Lipinski definition) is 1. The van der Waals surface area contributed by atoms with Gasteiger partial charge in [-0.05, 0) is 52.6 Å². The first-order valence-corrected chi connectivity index (χ1v) is 7.25. The first-order chi connectivity index (χ1) is 9.65. The highest BCUT2D eigenvalue weighted by Crippen LogP contribution is 2.30. The van der Waals surface area contributed by atoms with Gasteiger partial charge in [0.1, 0.15) is 11.5 Å². The Morgan fingerprint density at radius 2 is 2.10 bits per heavy atom. The van der Waals surface area contributed by atoms with Crippen LogP contribution in [0.2, 0.25) is 0 Å². The average Bonchev–Trinajstić information content (AvgIpc) is 2.97. The maximum atomic E-state index is 5.62. The van der Waals surface area contributed by atoms with E-state index < -0.39 is 0 Å². The zero-order valence-corrected chi connectivity index (χ0v) is 12.3. The van der Waals surface area contributed by atoms with E-state index in [1.54, 1.807) is 0 Å². The predicted molar refractivity (Wildman–Crippen MR) is 75.5 cm³/mol. The molecule has 5 nitrogen and oxygen atoms in total. The fourth-order valence-electron chi connectivity index (χ4n) is 2.90. The lowest BCUT2D eigenvalue weighted by atomic mass is 9.96. The van der Waals surface area contributed by atoms with E-state index in [2.05, 4.69) is 15.5 Å². The fourth-order valence-corrected chi connectivity index (χ4v) is 2.90. The van der Waals surface area contributed by atoms with Crippen molar-refractivity contribution in [2.45, 2.75) is 40.0 Å². The first kappa shape index (κ1) is 13.4. The Hall–Kier alpha value is -1.62. The first-order valence-electron chi connectivity index (χ1n) is 7.25. The van der Waals surface area contributed by atoms with Crippen LogP contribution in [-0.4, -0.2) is 23.2 Å². The van der Waals surface area contributed by atoms with Crippen LogP contribution < -0.4 is 5.32 Å². The number of furan rings is 1. The largest absolute Gasteiger partial charge is 0.466 e. The number of aryl methyl sites for hydroxylation is 2. The van der Waals surface area contributed by atoms with Crippen molar-refractivity contribution < 1.29 is 8.94 Å². The zero-order chi connectivity index (χ0) is 14.1. The zero-order valence-electron chi connectivity index (χ0n) is 12.3. The second kappa shape index (κ2) is 5.40. The molecule has 0 saturated carbocycles. The van der Waals surface area contributed by atoms with Gasteiger partial charge in [-0.3, -0.25) is 0 Å². The van der Waals surface area contributed by atoms with Crippen molar-refractivity contribution in [3.05, 3.63) is 22.9 Å². The average molecular weight is 275 g/mol. The molecule has 0 spiro atoms. The standard InChI is InChI=1S/C15H21N3O2/c1-9-10(2)19-11(3)14(9)15-17-13(18-20-15)7-12-5-4-6-16-8-12/h12,16H,4-8H2,1-3H3. The third-order valence-electron chi connectivity index (χ3n) is 4.11. The summed E-state index contributed by atoms with van der Waals surface area (Å²) < 4.78 is 11.0. The molecule has 1 fully saturated rings. The summed E-state index contributed by atoms with van der Waals surface area (Å²) >= 11 is 0. The van der Waals surface area contributed by atoms with Crippen LogP contribution >= 0.6 is 0 Å². The van der Waals surface area contributed by atoms with Gasteiger partial charge in [0.15, 0.2) is 5.82 Å². The molecule has 0 aliphatic carbocycles. The Balaban J connectivity index is 1.79. The van der Waals surface area contributed by atoms with Gasteiger partial charge in [-0.15, -0.1) is 0 Å². The molecule has 108 valence electrons. The molecule has 20 heavy (non-hydrogen) atoms. The van der Waals surface area contributed by atoms with E-state index >= 15 is 0 Å². The molecule has 1 aliphatic rings. The maximum absolute atomic E-state index is 5.62. The molecule has 2 aromatic heterocycles. The molecule has 0 bridgehead atoms. The molecule has 1 N–H and O–H groups in total. The lowest BCUT2D eigenvalue weighted by Crippen LogP contribution is -2.31. The van der Waals surface area contributed by atoms with Crippen LogP contribution in [0.25, 0.3) is 11.5 Å². The summed E-state index contributed by atoms with van der Waals surface area (Å²) in [7, 11) is 0. The minimum absolute atomic E-state index is 0.579. The van der Waals surface area contributed by atoms with Crippen molar-refractivity contribution in [1.82, 2.24) is 15.5 Å². The molecule has 1 atom stereocenters. The van der Waals surface area contributed by atoms with Gasteiger partial charge in [-0.25, -0.2) is 0 Å². The molecule has 5 heteroatoms. The Labute approximate surface area is 118 Å². The monoisotopic (exact) mass is 275 g/mol. The Morgan fingerprint density at radius 3 is 2.75 bits per heavy atom. The fraction of sp³-hybridized carbons (Fsp3) is 0.600.